The molecule has 1 aromatic rings. The quantitative estimate of drug-likeness (QED) is 0.873. The number of hydrogen-bond donors (Lipinski definition) is 1. The zero-order valence-corrected chi connectivity index (χ0v) is 12.2. The molecule has 2 N–H and O–H groups in total. The molecule has 2 nitrogen and oxygen atoms in total. The Morgan fingerprint density at radius 2 is 2.06 bits per heavy atom. The molecule has 1 aliphatic rings. The number of aryl methyl sites for hydroxylation is 1. The highest BCUT2D eigenvalue weighted by Crippen LogP contribution is 2.47. The second-order valence-corrected chi connectivity index (χ2v) is 7.22. The van der Waals surface area contributed by atoms with Crippen molar-refractivity contribution in [3.63, 3.8) is 0 Å². The van der Waals surface area contributed by atoms with Gasteiger partial charge < -0.3 is 10.5 Å². The molecule has 0 aromatic carbocycles. The maximum Gasteiger partial charge on any atom is 0.0681 e. The third kappa shape index (κ3) is 2.42. The van der Waals surface area contributed by atoms with Crippen LogP contribution in [0.25, 0.3) is 0 Å². The molecule has 0 saturated carbocycles. The lowest BCUT2D eigenvalue weighted by atomic mass is 9.81. The summed E-state index contributed by atoms with van der Waals surface area (Å²) in [5.41, 5.74) is 7.58. The van der Waals surface area contributed by atoms with E-state index in [1.165, 1.54) is 10.4 Å². The fourth-order valence-electron chi connectivity index (χ4n) is 3.07. The second-order valence-electron chi connectivity index (χ2n) is 6.27. The largest absolute Gasteiger partial charge is 0.369 e. The van der Waals surface area contributed by atoms with Gasteiger partial charge >= 0.3 is 0 Å². The third-order valence-corrected chi connectivity index (χ3v) is 4.90. The Morgan fingerprint density at radius 3 is 2.47 bits per heavy atom. The lowest BCUT2D eigenvalue weighted by Gasteiger charge is -2.30. The number of ether oxygens (including phenoxy) is 1. The van der Waals surface area contributed by atoms with Crippen molar-refractivity contribution in [3.05, 3.63) is 21.9 Å². The van der Waals surface area contributed by atoms with Gasteiger partial charge in [-0.3, -0.25) is 0 Å². The molecule has 0 spiro atoms. The minimum atomic E-state index is -0.140. The topological polar surface area (TPSA) is 35.2 Å². The molecule has 0 radical (unpaired) electrons. The van der Waals surface area contributed by atoms with Gasteiger partial charge in [-0.1, -0.05) is 0 Å². The van der Waals surface area contributed by atoms with Crippen molar-refractivity contribution in [1.82, 2.24) is 0 Å². The first-order valence-electron chi connectivity index (χ1n) is 6.23. The van der Waals surface area contributed by atoms with E-state index in [0.29, 0.717) is 5.92 Å². The Hall–Kier alpha value is -0.380. The number of nitrogens with two attached hydrogens (primary N) is 1. The lowest BCUT2D eigenvalue weighted by molar-refractivity contribution is -0.0766. The first-order valence-corrected chi connectivity index (χ1v) is 7.11. The van der Waals surface area contributed by atoms with Gasteiger partial charge in [-0.25, -0.2) is 0 Å². The predicted molar refractivity (Wildman–Crippen MR) is 73.3 cm³/mol. The SMILES string of the molecule is Cc1ccsc1C(N)C1CC(C)(C)OC1(C)C. The van der Waals surface area contributed by atoms with Crippen LogP contribution in [0.2, 0.25) is 0 Å². The van der Waals surface area contributed by atoms with Crippen LogP contribution < -0.4 is 5.73 Å². The van der Waals surface area contributed by atoms with Crippen LogP contribution in [0, 0.1) is 12.8 Å². The van der Waals surface area contributed by atoms with Crippen molar-refractivity contribution in [2.24, 2.45) is 11.7 Å². The van der Waals surface area contributed by atoms with Crippen molar-refractivity contribution in [1.29, 1.82) is 0 Å². The van der Waals surface area contributed by atoms with E-state index in [9.17, 15) is 0 Å². The summed E-state index contributed by atoms with van der Waals surface area (Å²) in [6.45, 7) is 10.8. The Bertz CT molecular complexity index is 408. The summed E-state index contributed by atoms with van der Waals surface area (Å²) in [4.78, 5) is 1.31. The average Bonchev–Trinajstić information content (AvgIpc) is 2.66. The highest BCUT2D eigenvalue weighted by atomic mass is 32.1. The summed E-state index contributed by atoms with van der Waals surface area (Å²) < 4.78 is 6.13. The smallest absolute Gasteiger partial charge is 0.0681 e. The van der Waals surface area contributed by atoms with E-state index in [1.54, 1.807) is 11.3 Å². The normalized spacial score (nSPS) is 28.2. The monoisotopic (exact) mass is 253 g/mol. The Kier molecular flexibility index (Phi) is 3.13. The molecule has 2 rings (SSSR count). The van der Waals surface area contributed by atoms with Gasteiger partial charge in [0.05, 0.1) is 11.2 Å². The van der Waals surface area contributed by atoms with Gasteiger partial charge in [0.25, 0.3) is 0 Å². The lowest BCUT2D eigenvalue weighted by Crippen LogP contribution is -2.35. The molecule has 0 aliphatic carbocycles. The van der Waals surface area contributed by atoms with E-state index in [2.05, 4.69) is 46.1 Å². The molecule has 2 unspecified atom stereocenters. The molecular weight excluding hydrogens is 230 g/mol. The average molecular weight is 253 g/mol. The maximum absolute atomic E-state index is 6.47. The van der Waals surface area contributed by atoms with Crippen LogP contribution in [-0.4, -0.2) is 11.2 Å². The number of hydrogen-bond acceptors (Lipinski definition) is 3. The van der Waals surface area contributed by atoms with Crippen LogP contribution >= 0.6 is 11.3 Å². The van der Waals surface area contributed by atoms with Gasteiger partial charge in [-0.15, -0.1) is 11.3 Å². The zero-order valence-electron chi connectivity index (χ0n) is 11.4. The molecule has 2 atom stereocenters. The molecule has 1 fully saturated rings. The Labute approximate surface area is 108 Å². The van der Waals surface area contributed by atoms with E-state index in [4.69, 9.17) is 10.5 Å². The van der Waals surface area contributed by atoms with E-state index < -0.39 is 0 Å². The van der Waals surface area contributed by atoms with Crippen LogP contribution in [0.3, 0.4) is 0 Å². The van der Waals surface area contributed by atoms with Crippen molar-refractivity contribution >= 4 is 11.3 Å². The molecule has 1 saturated heterocycles. The molecule has 3 heteroatoms. The Balaban J connectivity index is 2.26. The minimum absolute atomic E-state index is 0.0586. The molecule has 2 heterocycles. The van der Waals surface area contributed by atoms with Crippen molar-refractivity contribution in [3.8, 4) is 0 Å². The molecule has 17 heavy (non-hydrogen) atoms. The summed E-state index contributed by atoms with van der Waals surface area (Å²) in [6.07, 6.45) is 1.03. The fourth-order valence-corrected chi connectivity index (χ4v) is 4.07. The van der Waals surface area contributed by atoms with Crippen LogP contribution in [0.5, 0.6) is 0 Å². The Morgan fingerprint density at radius 1 is 1.41 bits per heavy atom. The minimum Gasteiger partial charge on any atom is -0.369 e. The van der Waals surface area contributed by atoms with E-state index in [1.807, 2.05) is 0 Å². The van der Waals surface area contributed by atoms with E-state index in [-0.39, 0.29) is 17.2 Å². The van der Waals surface area contributed by atoms with Gasteiger partial charge in [0.2, 0.25) is 0 Å². The summed E-state index contributed by atoms with van der Waals surface area (Å²) >= 11 is 1.76. The van der Waals surface area contributed by atoms with Crippen LogP contribution in [0.1, 0.15) is 50.6 Å². The third-order valence-electron chi connectivity index (χ3n) is 3.78. The van der Waals surface area contributed by atoms with Crippen molar-refractivity contribution in [2.45, 2.75) is 58.3 Å². The first kappa shape index (κ1) is 13.1. The van der Waals surface area contributed by atoms with Crippen LogP contribution in [0.15, 0.2) is 11.4 Å². The molecule has 1 aromatic heterocycles. The summed E-state index contributed by atoms with van der Waals surface area (Å²) in [7, 11) is 0. The molecule has 96 valence electrons. The summed E-state index contributed by atoms with van der Waals surface area (Å²) in [5.74, 6) is 0.384. The second kappa shape index (κ2) is 4.08. The molecule has 0 amide bonds. The highest BCUT2D eigenvalue weighted by molar-refractivity contribution is 7.10. The van der Waals surface area contributed by atoms with Crippen molar-refractivity contribution < 1.29 is 4.74 Å². The van der Waals surface area contributed by atoms with Gasteiger partial charge in [0.1, 0.15) is 0 Å². The molecule has 1 aliphatic heterocycles. The predicted octanol–water partition coefficient (Wildman–Crippen LogP) is 3.65. The van der Waals surface area contributed by atoms with Gasteiger partial charge in [-0.2, -0.15) is 0 Å². The number of thiophene rings is 1. The van der Waals surface area contributed by atoms with E-state index in [0.717, 1.165) is 6.42 Å². The molecular formula is C14H23NOS. The van der Waals surface area contributed by atoms with Gasteiger partial charge in [0.15, 0.2) is 0 Å². The standard InChI is InChI=1S/C14H23NOS/c1-9-6-7-17-12(9)11(15)10-8-13(2,3)16-14(10,4)5/h6-7,10-11H,8,15H2,1-5H3. The maximum atomic E-state index is 6.47. The zero-order chi connectivity index (χ0) is 12.8. The van der Waals surface area contributed by atoms with Crippen LogP contribution in [0.4, 0.5) is 0 Å². The summed E-state index contributed by atoms with van der Waals surface area (Å²) in [5, 5.41) is 2.12. The fraction of sp³-hybridized carbons (Fsp3) is 0.714. The number of rotatable bonds is 2. The van der Waals surface area contributed by atoms with Gasteiger partial charge in [0, 0.05) is 16.8 Å². The van der Waals surface area contributed by atoms with Crippen molar-refractivity contribution in [2.75, 3.05) is 0 Å². The van der Waals surface area contributed by atoms with Crippen LogP contribution in [-0.2, 0) is 4.74 Å². The first-order chi connectivity index (χ1) is 7.73. The highest BCUT2D eigenvalue weighted by Gasteiger charge is 2.48. The molecule has 0 bridgehead atoms. The van der Waals surface area contributed by atoms with E-state index >= 15 is 0 Å². The summed E-state index contributed by atoms with van der Waals surface area (Å²) in [6, 6.07) is 2.24. The van der Waals surface area contributed by atoms with Gasteiger partial charge in [-0.05, 0) is 58.0 Å².